The van der Waals surface area contributed by atoms with Gasteiger partial charge in [0.2, 0.25) is 0 Å². The first-order valence-corrected chi connectivity index (χ1v) is 20.7. The largest absolute Gasteiger partial charge is 0.481 e. The minimum atomic E-state index is -2.05. The van der Waals surface area contributed by atoms with Gasteiger partial charge in [0.05, 0.1) is 11.5 Å². The van der Waals surface area contributed by atoms with Crippen LogP contribution < -0.4 is 6.15 Å². The maximum absolute atomic E-state index is 14.8. The van der Waals surface area contributed by atoms with Gasteiger partial charge in [-0.25, -0.2) is 9.59 Å². The fourth-order valence-electron chi connectivity index (χ4n) is 13.4. The molecule has 19 atom stereocenters. The highest BCUT2D eigenvalue weighted by molar-refractivity contribution is 5.95. The zero-order valence-electron chi connectivity index (χ0n) is 35.1. The number of hydrogen-bond donors (Lipinski definition) is 9. The Hall–Kier alpha value is -2.58. The number of aliphatic carboxylic acids is 3. The van der Waals surface area contributed by atoms with Crippen LogP contribution in [0.15, 0.2) is 11.6 Å². The van der Waals surface area contributed by atoms with Gasteiger partial charge in [0.25, 0.3) is 0 Å². The van der Waals surface area contributed by atoms with Gasteiger partial charge in [-0.1, -0.05) is 47.1 Å². The van der Waals surface area contributed by atoms with Crippen LogP contribution in [0.1, 0.15) is 106 Å². The van der Waals surface area contributed by atoms with Crippen LogP contribution in [-0.2, 0) is 38.1 Å². The summed E-state index contributed by atoms with van der Waals surface area (Å²) in [5, 5.41) is 83.0. The summed E-state index contributed by atoms with van der Waals surface area (Å²) in [7, 11) is 0. The van der Waals surface area contributed by atoms with E-state index in [-0.39, 0.29) is 40.5 Å². The fraction of sp³-hybridized carbons (Fsp3) is 0.857. The zero-order chi connectivity index (χ0) is 42.9. The molecule has 0 aromatic carbocycles. The van der Waals surface area contributed by atoms with E-state index in [2.05, 4.69) is 27.7 Å². The minimum Gasteiger partial charge on any atom is -0.481 e. The molecule has 5 aliphatic carbocycles. The number of ether oxygens (including phenoxy) is 4. The van der Waals surface area contributed by atoms with Crippen molar-refractivity contribution in [2.24, 2.45) is 50.2 Å². The predicted octanol–water partition coefficient (Wildman–Crippen LogP) is 2.41. The molecule has 334 valence electrons. The lowest BCUT2D eigenvalue weighted by Gasteiger charge is -2.70. The Balaban J connectivity index is 0.00000585. The molecule has 0 aromatic heterocycles. The Morgan fingerprint density at radius 2 is 1.27 bits per heavy atom. The Bertz CT molecular complexity index is 1740. The van der Waals surface area contributed by atoms with Crippen LogP contribution >= 0.6 is 0 Å². The maximum atomic E-state index is 14.8. The molecule has 0 unspecified atom stereocenters. The van der Waals surface area contributed by atoms with Crippen molar-refractivity contribution in [1.82, 2.24) is 6.15 Å². The van der Waals surface area contributed by atoms with Gasteiger partial charge in [-0.3, -0.25) is 9.59 Å². The summed E-state index contributed by atoms with van der Waals surface area (Å²) in [6.07, 6.45) is -12.2. The van der Waals surface area contributed by atoms with E-state index in [1.807, 2.05) is 26.8 Å². The zero-order valence-corrected chi connectivity index (χ0v) is 35.1. The third kappa shape index (κ3) is 6.72. The molecule has 0 amide bonds. The first-order valence-electron chi connectivity index (χ1n) is 20.7. The topological polar surface area (TPSA) is 302 Å². The number of carbonyl (C=O) groups is 4. The summed E-state index contributed by atoms with van der Waals surface area (Å²) in [6, 6.07) is 0. The van der Waals surface area contributed by atoms with Crippen LogP contribution in [0, 0.1) is 50.2 Å². The summed E-state index contributed by atoms with van der Waals surface area (Å²) in [6.45, 7) is 14.8. The molecule has 2 heterocycles. The first kappa shape index (κ1) is 45.9. The van der Waals surface area contributed by atoms with E-state index >= 15 is 0 Å². The summed E-state index contributed by atoms with van der Waals surface area (Å²) >= 11 is 0. The van der Waals surface area contributed by atoms with Gasteiger partial charge in [-0.05, 0) is 110 Å². The molecule has 2 saturated heterocycles. The highest BCUT2D eigenvalue weighted by atomic mass is 16.8. The van der Waals surface area contributed by atoms with E-state index < -0.39 is 107 Å². The summed E-state index contributed by atoms with van der Waals surface area (Å²) in [4.78, 5) is 51.3. The van der Waals surface area contributed by atoms with Crippen molar-refractivity contribution >= 4 is 23.7 Å². The molecule has 6 fully saturated rings. The van der Waals surface area contributed by atoms with Crippen molar-refractivity contribution in [2.75, 3.05) is 0 Å². The molecule has 0 aromatic rings. The Morgan fingerprint density at radius 3 is 1.86 bits per heavy atom. The molecule has 2 aliphatic heterocycles. The molecule has 0 spiro atoms. The fourth-order valence-corrected chi connectivity index (χ4v) is 13.4. The lowest BCUT2D eigenvalue weighted by atomic mass is 9.33. The number of carboxylic acids is 3. The Labute approximate surface area is 344 Å². The van der Waals surface area contributed by atoms with E-state index in [4.69, 9.17) is 18.9 Å². The van der Waals surface area contributed by atoms with Gasteiger partial charge >= 0.3 is 17.9 Å². The van der Waals surface area contributed by atoms with Crippen molar-refractivity contribution < 1.29 is 79.0 Å². The van der Waals surface area contributed by atoms with Crippen LogP contribution in [0.4, 0.5) is 0 Å². The second-order valence-electron chi connectivity index (χ2n) is 20.6. The molecular weight excluding hydrogens is 774 g/mol. The average molecular weight is 840 g/mol. The molecule has 17 heteroatoms. The molecular formula is C42H65NO16. The number of aliphatic hydroxyl groups excluding tert-OH is 5. The third-order valence-corrected chi connectivity index (χ3v) is 17.2. The molecule has 0 radical (unpaired) electrons. The first-order chi connectivity index (χ1) is 26.8. The van der Waals surface area contributed by atoms with Gasteiger partial charge in [0.1, 0.15) is 36.6 Å². The lowest BCUT2D eigenvalue weighted by molar-refractivity contribution is -0.371. The number of rotatable bonds is 7. The van der Waals surface area contributed by atoms with Crippen molar-refractivity contribution in [3.05, 3.63) is 11.6 Å². The van der Waals surface area contributed by atoms with Crippen molar-refractivity contribution in [2.45, 2.75) is 174 Å². The number of carbonyl (C=O) groups excluding carboxylic acids is 1. The van der Waals surface area contributed by atoms with Crippen molar-refractivity contribution in [3.63, 3.8) is 0 Å². The van der Waals surface area contributed by atoms with E-state index in [1.165, 1.54) is 0 Å². The summed E-state index contributed by atoms with van der Waals surface area (Å²) in [5.41, 5.74) is -1.81. The van der Waals surface area contributed by atoms with Crippen molar-refractivity contribution in [3.8, 4) is 0 Å². The van der Waals surface area contributed by atoms with Crippen LogP contribution in [0.2, 0.25) is 0 Å². The molecule has 0 bridgehead atoms. The quantitative estimate of drug-likeness (QED) is 0.166. The van der Waals surface area contributed by atoms with Gasteiger partial charge < -0.3 is 66.0 Å². The van der Waals surface area contributed by atoms with Crippen LogP contribution in [0.3, 0.4) is 0 Å². The third-order valence-electron chi connectivity index (χ3n) is 17.2. The predicted molar refractivity (Wildman–Crippen MR) is 204 cm³/mol. The standard InChI is InChI=1S/C42H62O16.H3N/c1-37(2)21-8-11-42(7)31(20(43)16-18-19-17-39(4,36(53)54)13-12-38(19,3)14-15-41(18,42)6)40(21,5)10-9-22(37)55-35-30(26(47)25(46)29(57-35)33(51)52)58-34-27(48)23(44)24(45)28(56-34)32(49)50;/h16,19,21-31,34-35,44-48H,8-15,17H2,1-7H3,(H,49,50)(H,51,52)(H,53,54);1H3/t19-,21-,22-,23-,24+,25+,26+,27+,28-,29+,30-,31+,34-,35+,38+,39-,40-,41-,42+;/m1./s1. The van der Waals surface area contributed by atoms with Gasteiger partial charge in [-0.15, -0.1) is 0 Å². The normalized spacial score (nSPS) is 51.7. The highest BCUT2D eigenvalue weighted by Gasteiger charge is 2.71. The number of carboxylic acid groups (broad SMARTS) is 3. The van der Waals surface area contributed by atoms with E-state index in [1.54, 1.807) is 0 Å². The second-order valence-corrected chi connectivity index (χ2v) is 20.6. The monoisotopic (exact) mass is 839 g/mol. The molecule has 11 N–H and O–H groups in total. The van der Waals surface area contributed by atoms with E-state index in [0.717, 1.165) is 37.7 Å². The van der Waals surface area contributed by atoms with Gasteiger partial charge in [-0.2, -0.15) is 0 Å². The van der Waals surface area contributed by atoms with Crippen molar-refractivity contribution in [1.29, 1.82) is 0 Å². The molecule has 17 nitrogen and oxygen atoms in total. The van der Waals surface area contributed by atoms with E-state index in [0.29, 0.717) is 25.7 Å². The molecule has 7 aliphatic rings. The summed E-state index contributed by atoms with van der Waals surface area (Å²) < 4.78 is 23.4. The Morgan fingerprint density at radius 1 is 0.695 bits per heavy atom. The minimum absolute atomic E-state index is 0. The van der Waals surface area contributed by atoms with Crippen LogP contribution in [-0.4, -0.2) is 132 Å². The molecule has 4 saturated carbocycles. The number of fused-ring (bicyclic) bond motifs is 7. The second kappa shape index (κ2) is 15.1. The Kier molecular flexibility index (Phi) is 11.7. The molecule has 59 heavy (non-hydrogen) atoms. The van der Waals surface area contributed by atoms with Gasteiger partial charge in [0.15, 0.2) is 30.6 Å². The SMILES string of the molecule is CC1(C)[C@H]2CC[C@@]3(C)[C@@H](C(=O)C=C4[C@H]5C[C@](C)(C(=O)O)CC[C@@]5(C)CC[C@]43C)[C@]2(C)CC[C@H]1O[C@H]1O[C@H](C(=O)O)[C@@H](O)[C@H](O)[C@H]1O[C@H]1O[C@@H](C(=O)O)[C@@H](O)[C@@H](O)[C@@H]1O.N. The number of aliphatic hydroxyl groups is 5. The lowest BCUT2D eigenvalue weighted by Crippen LogP contribution is -2.68. The highest BCUT2D eigenvalue weighted by Crippen LogP contribution is 2.75. The maximum Gasteiger partial charge on any atom is 0.335 e. The number of ketones is 1. The summed E-state index contributed by atoms with van der Waals surface area (Å²) in [5.74, 6) is -4.47. The van der Waals surface area contributed by atoms with Gasteiger partial charge in [0, 0.05) is 5.92 Å². The molecule has 7 rings (SSSR count). The number of allylic oxidation sites excluding steroid dienone is 2. The number of hydrogen-bond acceptors (Lipinski definition) is 14. The smallest absolute Gasteiger partial charge is 0.335 e. The van der Waals surface area contributed by atoms with Crippen LogP contribution in [0.5, 0.6) is 0 Å². The van der Waals surface area contributed by atoms with Crippen LogP contribution in [0.25, 0.3) is 0 Å². The average Bonchev–Trinajstić information content (AvgIpc) is 3.13. The van der Waals surface area contributed by atoms with E-state index in [9.17, 15) is 60.0 Å².